The molecular formula is C24H27NO6. The highest BCUT2D eigenvalue weighted by Crippen LogP contribution is 2.48. The Morgan fingerprint density at radius 2 is 1.97 bits per heavy atom. The molecular weight excluding hydrogens is 398 g/mol. The van der Waals surface area contributed by atoms with Crippen molar-refractivity contribution < 1.29 is 23.9 Å². The average Bonchev–Trinajstić information content (AvgIpc) is 3.15. The zero-order chi connectivity index (χ0) is 22.4. The number of methoxy groups -OCH3 is 1. The van der Waals surface area contributed by atoms with Gasteiger partial charge in [-0.3, -0.25) is 14.9 Å². The number of nitro groups is 1. The molecule has 31 heavy (non-hydrogen) atoms. The first-order valence-electron chi connectivity index (χ1n) is 10.4. The van der Waals surface area contributed by atoms with Gasteiger partial charge in [0.05, 0.1) is 35.7 Å². The van der Waals surface area contributed by atoms with Crippen LogP contribution in [0.25, 0.3) is 11.6 Å². The van der Waals surface area contributed by atoms with Crippen LogP contribution in [0.3, 0.4) is 0 Å². The van der Waals surface area contributed by atoms with E-state index in [1.807, 2.05) is 30.3 Å². The minimum atomic E-state index is -0.487. The molecule has 1 aliphatic rings. The number of esters is 1. The number of hydrogen-bond acceptors (Lipinski definition) is 6. The normalized spacial score (nSPS) is 15.7. The van der Waals surface area contributed by atoms with Gasteiger partial charge in [0.1, 0.15) is 5.75 Å². The molecule has 7 nitrogen and oxygen atoms in total. The lowest BCUT2D eigenvalue weighted by Gasteiger charge is -2.23. The second kappa shape index (κ2) is 10.2. The first-order valence-corrected chi connectivity index (χ1v) is 10.4. The van der Waals surface area contributed by atoms with Crippen LogP contribution in [0.1, 0.15) is 42.9 Å². The van der Waals surface area contributed by atoms with Crippen LogP contribution < -0.4 is 4.74 Å². The van der Waals surface area contributed by atoms with Crippen molar-refractivity contribution in [1.82, 2.24) is 0 Å². The Hall–Kier alpha value is -3.19. The smallest absolute Gasteiger partial charge is 0.309 e. The summed E-state index contributed by atoms with van der Waals surface area (Å²) in [6.07, 6.45) is 2.61. The Morgan fingerprint density at radius 1 is 1.19 bits per heavy atom. The van der Waals surface area contributed by atoms with Crippen LogP contribution in [0, 0.1) is 16.0 Å². The summed E-state index contributed by atoms with van der Waals surface area (Å²) in [6, 6.07) is 12.6. The number of carbonyl (C=O) groups is 1. The van der Waals surface area contributed by atoms with Crippen LogP contribution in [0.4, 0.5) is 5.69 Å². The molecule has 164 valence electrons. The van der Waals surface area contributed by atoms with Gasteiger partial charge in [0, 0.05) is 26.1 Å². The van der Waals surface area contributed by atoms with Crippen LogP contribution in [-0.2, 0) is 14.3 Å². The minimum absolute atomic E-state index is 0.0515. The molecule has 0 fully saturated rings. The fourth-order valence-corrected chi connectivity index (χ4v) is 3.93. The molecule has 0 spiro atoms. The van der Waals surface area contributed by atoms with Crippen molar-refractivity contribution in [2.45, 2.75) is 26.2 Å². The van der Waals surface area contributed by atoms with Gasteiger partial charge in [0.15, 0.2) is 0 Å². The second-order valence-electron chi connectivity index (χ2n) is 7.38. The predicted octanol–water partition coefficient (Wildman–Crippen LogP) is 4.85. The molecule has 2 unspecified atom stereocenters. The van der Waals surface area contributed by atoms with E-state index in [4.69, 9.17) is 14.2 Å². The predicted molar refractivity (Wildman–Crippen MR) is 118 cm³/mol. The number of benzene rings is 2. The highest BCUT2D eigenvalue weighted by molar-refractivity contribution is 5.96. The zero-order valence-corrected chi connectivity index (χ0v) is 18.0. The summed E-state index contributed by atoms with van der Waals surface area (Å²) in [5, 5.41) is 11.9. The van der Waals surface area contributed by atoms with Gasteiger partial charge in [-0.25, -0.2) is 0 Å². The molecule has 1 aliphatic carbocycles. The number of carbonyl (C=O) groups excluding carboxylic acids is 1. The molecule has 0 N–H and O–H groups in total. The van der Waals surface area contributed by atoms with Crippen LogP contribution in [-0.4, -0.2) is 37.8 Å². The quantitative estimate of drug-likeness (QED) is 0.234. The molecule has 0 amide bonds. The molecule has 0 bridgehead atoms. The topological polar surface area (TPSA) is 87.9 Å². The third-order valence-corrected chi connectivity index (χ3v) is 5.37. The SMILES string of the molecule is CCOC(=O)C(C)C1C(c2ccc(OCCCOC)cc2[N+](=O)[O-])=Cc2ccccc21. The number of nitro benzene ring substituents is 1. The van der Waals surface area contributed by atoms with Crippen molar-refractivity contribution in [1.29, 1.82) is 0 Å². The van der Waals surface area contributed by atoms with Crippen molar-refractivity contribution in [3.63, 3.8) is 0 Å². The second-order valence-corrected chi connectivity index (χ2v) is 7.38. The van der Waals surface area contributed by atoms with E-state index in [2.05, 4.69) is 0 Å². The van der Waals surface area contributed by atoms with Crippen molar-refractivity contribution in [3.05, 3.63) is 69.3 Å². The maximum atomic E-state index is 12.5. The van der Waals surface area contributed by atoms with Gasteiger partial charge in [0.2, 0.25) is 0 Å². The van der Waals surface area contributed by atoms with Crippen LogP contribution >= 0.6 is 0 Å². The minimum Gasteiger partial charge on any atom is -0.493 e. The lowest BCUT2D eigenvalue weighted by atomic mass is 9.81. The molecule has 0 heterocycles. The Labute approximate surface area is 181 Å². The third kappa shape index (κ3) is 4.94. The number of ether oxygens (including phenoxy) is 3. The van der Waals surface area contributed by atoms with Gasteiger partial charge in [-0.05, 0) is 41.8 Å². The summed E-state index contributed by atoms with van der Waals surface area (Å²) in [6.45, 7) is 4.81. The number of rotatable bonds is 10. The van der Waals surface area contributed by atoms with Crippen molar-refractivity contribution in [2.75, 3.05) is 26.9 Å². The van der Waals surface area contributed by atoms with E-state index in [0.29, 0.717) is 30.9 Å². The van der Waals surface area contributed by atoms with E-state index in [0.717, 1.165) is 16.7 Å². The number of allylic oxidation sites excluding steroid dienone is 1. The van der Waals surface area contributed by atoms with Gasteiger partial charge in [0.25, 0.3) is 5.69 Å². The Kier molecular flexibility index (Phi) is 7.41. The van der Waals surface area contributed by atoms with Gasteiger partial charge in [-0.15, -0.1) is 0 Å². The molecule has 0 saturated heterocycles. The monoisotopic (exact) mass is 425 g/mol. The summed E-state index contributed by atoms with van der Waals surface area (Å²) >= 11 is 0. The average molecular weight is 425 g/mol. The van der Waals surface area contributed by atoms with E-state index in [9.17, 15) is 14.9 Å². The summed E-state index contributed by atoms with van der Waals surface area (Å²) < 4.78 is 15.9. The largest absolute Gasteiger partial charge is 0.493 e. The van der Waals surface area contributed by atoms with E-state index >= 15 is 0 Å². The highest BCUT2D eigenvalue weighted by Gasteiger charge is 2.37. The summed E-state index contributed by atoms with van der Waals surface area (Å²) in [5.74, 6) is -0.713. The molecule has 0 saturated carbocycles. The number of nitrogens with zero attached hydrogens (tertiary/aromatic N) is 1. The molecule has 2 aromatic carbocycles. The maximum absolute atomic E-state index is 12.5. The number of hydrogen-bond donors (Lipinski definition) is 0. The van der Waals surface area contributed by atoms with Gasteiger partial charge < -0.3 is 14.2 Å². The molecule has 2 aromatic rings. The molecule has 0 radical (unpaired) electrons. The van der Waals surface area contributed by atoms with Gasteiger partial charge in [-0.1, -0.05) is 31.2 Å². The summed E-state index contributed by atoms with van der Waals surface area (Å²) in [7, 11) is 1.61. The lowest BCUT2D eigenvalue weighted by Crippen LogP contribution is -2.22. The molecule has 0 aromatic heterocycles. The molecule has 7 heteroatoms. The fraction of sp³-hybridized carbons (Fsp3) is 0.375. The Bertz CT molecular complexity index is 984. The standard InChI is InChI=1S/C24H27NO6/c1-4-30-24(26)16(2)23-19-9-6-5-8-17(19)14-21(23)20-11-10-18(15-22(20)25(27)28)31-13-7-12-29-3/h5-6,8-11,14-16,23H,4,7,12-13H2,1-3H3. The summed E-state index contributed by atoms with van der Waals surface area (Å²) in [4.78, 5) is 24.0. The molecule has 3 rings (SSSR count). The molecule has 2 atom stereocenters. The third-order valence-electron chi connectivity index (χ3n) is 5.37. The van der Waals surface area contributed by atoms with Crippen molar-refractivity contribution >= 4 is 23.3 Å². The van der Waals surface area contributed by atoms with Gasteiger partial charge >= 0.3 is 5.97 Å². The Balaban J connectivity index is 1.99. The van der Waals surface area contributed by atoms with Crippen molar-refractivity contribution in [2.24, 2.45) is 5.92 Å². The fourth-order valence-electron chi connectivity index (χ4n) is 3.93. The van der Waals surface area contributed by atoms with E-state index < -0.39 is 10.8 Å². The van der Waals surface area contributed by atoms with Crippen LogP contribution in [0.15, 0.2) is 42.5 Å². The number of fused-ring (bicyclic) bond motifs is 1. The first-order chi connectivity index (χ1) is 15.0. The zero-order valence-electron chi connectivity index (χ0n) is 18.0. The van der Waals surface area contributed by atoms with E-state index in [1.165, 1.54) is 6.07 Å². The lowest BCUT2D eigenvalue weighted by molar-refractivity contribution is -0.385. The van der Waals surface area contributed by atoms with E-state index in [1.54, 1.807) is 33.1 Å². The van der Waals surface area contributed by atoms with Gasteiger partial charge in [-0.2, -0.15) is 0 Å². The van der Waals surface area contributed by atoms with Crippen LogP contribution in [0.5, 0.6) is 5.75 Å². The molecule has 0 aliphatic heterocycles. The first kappa shape index (κ1) is 22.5. The summed E-state index contributed by atoms with van der Waals surface area (Å²) in [5.41, 5.74) is 3.08. The van der Waals surface area contributed by atoms with Crippen molar-refractivity contribution in [3.8, 4) is 5.75 Å². The van der Waals surface area contributed by atoms with Crippen LogP contribution in [0.2, 0.25) is 0 Å². The van der Waals surface area contributed by atoms with E-state index in [-0.39, 0.29) is 24.2 Å². The highest BCUT2D eigenvalue weighted by atomic mass is 16.6. The Morgan fingerprint density at radius 3 is 2.68 bits per heavy atom. The maximum Gasteiger partial charge on any atom is 0.309 e.